The van der Waals surface area contributed by atoms with Gasteiger partial charge in [0, 0.05) is 46.5 Å². The molecule has 0 unspecified atom stereocenters. The molecule has 1 aliphatic heterocycles. The smallest absolute Gasteiger partial charge is 0.193 e. The highest BCUT2D eigenvalue weighted by Gasteiger charge is 2.30. The Balaban J connectivity index is 1.97. The molecule has 1 N–H and O–H groups in total. The van der Waals surface area contributed by atoms with Crippen molar-refractivity contribution in [3.05, 3.63) is 29.8 Å². The second-order valence-corrected chi connectivity index (χ2v) is 6.80. The van der Waals surface area contributed by atoms with Crippen LogP contribution >= 0.6 is 0 Å². The molecule has 4 heteroatoms. The standard InChI is InChI=1S/C17H28N4/c1-17(2)9-10-21(13-17)16(18-3)19-12-14-7-6-8-15(11-14)20(4)5/h6-8,11H,9-10,12-13H2,1-5H3,(H,18,19). The fraction of sp³-hybridized carbons (Fsp3) is 0.588. The van der Waals surface area contributed by atoms with Gasteiger partial charge in [-0.2, -0.15) is 0 Å². The number of benzene rings is 1. The van der Waals surface area contributed by atoms with Crippen molar-refractivity contribution in [1.82, 2.24) is 10.2 Å². The van der Waals surface area contributed by atoms with Gasteiger partial charge in [-0.15, -0.1) is 0 Å². The lowest BCUT2D eigenvalue weighted by Gasteiger charge is -2.24. The molecule has 1 aromatic rings. The Kier molecular flexibility index (Phi) is 4.76. The Bertz CT molecular complexity index is 505. The number of hydrogen-bond acceptors (Lipinski definition) is 2. The van der Waals surface area contributed by atoms with Gasteiger partial charge < -0.3 is 15.1 Å². The Morgan fingerprint density at radius 1 is 1.38 bits per heavy atom. The Morgan fingerprint density at radius 3 is 2.71 bits per heavy atom. The lowest BCUT2D eigenvalue weighted by atomic mass is 9.93. The molecule has 0 amide bonds. The summed E-state index contributed by atoms with van der Waals surface area (Å²) in [7, 11) is 6.00. The molecule has 1 fully saturated rings. The first-order valence-corrected chi connectivity index (χ1v) is 7.63. The molecular weight excluding hydrogens is 260 g/mol. The van der Waals surface area contributed by atoms with Crippen LogP contribution < -0.4 is 10.2 Å². The molecule has 0 radical (unpaired) electrons. The predicted octanol–water partition coefficient (Wildman–Crippen LogP) is 2.56. The van der Waals surface area contributed by atoms with Crippen molar-refractivity contribution < 1.29 is 0 Å². The number of nitrogens with zero attached hydrogens (tertiary/aromatic N) is 3. The maximum atomic E-state index is 4.43. The highest BCUT2D eigenvalue weighted by atomic mass is 15.3. The van der Waals surface area contributed by atoms with Gasteiger partial charge in [-0.1, -0.05) is 26.0 Å². The third kappa shape index (κ3) is 4.13. The number of nitrogens with one attached hydrogen (secondary N) is 1. The van der Waals surface area contributed by atoms with Gasteiger partial charge in [0.05, 0.1) is 0 Å². The molecule has 0 bridgehead atoms. The summed E-state index contributed by atoms with van der Waals surface area (Å²) in [6.45, 7) is 7.61. The van der Waals surface area contributed by atoms with Gasteiger partial charge in [-0.3, -0.25) is 4.99 Å². The van der Waals surface area contributed by atoms with E-state index in [1.54, 1.807) is 0 Å². The number of rotatable bonds is 3. The van der Waals surface area contributed by atoms with E-state index in [1.807, 2.05) is 7.05 Å². The summed E-state index contributed by atoms with van der Waals surface area (Å²) in [6.07, 6.45) is 1.23. The third-order valence-electron chi connectivity index (χ3n) is 4.07. The SMILES string of the molecule is CN=C(NCc1cccc(N(C)C)c1)N1CCC(C)(C)C1. The van der Waals surface area contributed by atoms with Crippen molar-refractivity contribution in [3.63, 3.8) is 0 Å². The van der Waals surface area contributed by atoms with Crippen LogP contribution in [-0.4, -0.2) is 45.1 Å². The van der Waals surface area contributed by atoms with E-state index in [1.165, 1.54) is 17.7 Å². The molecule has 0 aromatic heterocycles. The van der Waals surface area contributed by atoms with Crippen molar-refractivity contribution >= 4 is 11.6 Å². The maximum absolute atomic E-state index is 4.43. The summed E-state index contributed by atoms with van der Waals surface area (Å²) < 4.78 is 0. The van der Waals surface area contributed by atoms with Crippen molar-refractivity contribution in [2.24, 2.45) is 10.4 Å². The van der Waals surface area contributed by atoms with Gasteiger partial charge in [-0.25, -0.2) is 0 Å². The van der Waals surface area contributed by atoms with Crippen molar-refractivity contribution in [3.8, 4) is 0 Å². The fourth-order valence-corrected chi connectivity index (χ4v) is 2.75. The predicted molar refractivity (Wildman–Crippen MR) is 90.9 cm³/mol. The van der Waals surface area contributed by atoms with Crippen molar-refractivity contribution in [1.29, 1.82) is 0 Å². The molecule has 4 nitrogen and oxygen atoms in total. The normalized spacial score (nSPS) is 18.0. The van der Waals surface area contributed by atoms with Crippen LogP contribution in [0.2, 0.25) is 0 Å². The Labute approximate surface area is 128 Å². The highest BCUT2D eigenvalue weighted by Crippen LogP contribution is 2.28. The van der Waals surface area contributed by atoms with Crippen LogP contribution in [0.15, 0.2) is 29.3 Å². The van der Waals surface area contributed by atoms with E-state index in [9.17, 15) is 0 Å². The van der Waals surface area contributed by atoms with Gasteiger partial charge >= 0.3 is 0 Å². The number of guanidine groups is 1. The molecule has 1 saturated heterocycles. The average Bonchev–Trinajstić information content (AvgIpc) is 2.80. The molecular formula is C17H28N4. The Hall–Kier alpha value is -1.71. The summed E-state index contributed by atoms with van der Waals surface area (Å²) in [6, 6.07) is 8.60. The largest absolute Gasteiger partial charge is 0.378 e. The fourth-order valence-electron chi connectivity index (χ4n) is 2.75. The first-order chi connectivity index (χ1) is 9.91. The molecule has 0 saturated carbocycles. The number of anilines is 1. The molecule has 0 atom stereocenters. The maximum Gasteiger partial charge on any atom is 0.193 e. The van der Waals surface area contributed by atoms with Crippen LogP contribution in [0.1, 0.15) is 25.8 Å². The zero-order valence-corrected chi connectivity index (χ0v) is 14.0. The minimum Gasteiger partial charge on any atom is -0.378 e. The van der Waals surface area contributed by atoms with Crippen LogP contribution in [0.25, 0.3) is 0 Å². The lowest BCUT2D eigenvalue weighted by molar-refractivity contribution is 0.370. The van der Waals surface area contributed by atoms with E-state index in [-0.39, 0.29) is 0 Å². The summed E-state index contributed by atoms with van der Waals surface area (Å²) in [5.74, 6) is 1.01. The zero-order valence-electron chi connectivity index (χ0n) is 14.0. The van der Waals surface area contributed by atoms with E-state index < -0.39 is 0 Å². The minimum absolute atomic E-state index is 0.391. The van der Waals surface area contributed by atoms with Crippen molar-refractivity contribution in [2.75, 3.05) is 39.1 Å². The van der Waals surface area contributed by atoms with E-state index in [2.05, 4.69) is 72.3 Å². The molecule has 1 aliphatic rings. The summed E-state index contributed by atoms with van der Waals surface area (Å²) in [5.41, 5.74) is 2.90. The van der Waals surface area contributed by atoms with Crippen LogP contribution in [-0.2, 0) is 6.54 Å². The zero-order chi connectivity index (χ0) is 15.5. The van der Waals surface area contributed by atoms with E-state index >= 15 is 0 Å². The Morgan fingerprint density at radius 2 is 2.14 bits per heavy atom. The van der Waals surface area contributed by atoms with Crippen molar-refractivity contribution in [2.45, 2.75) is 26.8 Å². The van der Waals surface area contributed by atoms with Crippen LogP contribution in [0, 0.1) is 5.41 Å². The summed E-state index contributed by atoms with van der Waals surface area (Å²) in [4.78, 5) is 8.91. The van der Waals surface area contributed by atoms with E-state index in [4.69, 9.17) is 0 Å². The van der Waals surface area contributed by atoms with Gasteiger partial charge in [0.15, 0.2) is 5.96 Å². The van der Waals surface area contributed by atoms with Gasteiger partial charge in [0.1, 0.15) is 0 Å². The second kappa shape index (κ2) is 6.37. The molecule has 1 aromatic carbocycles. The molecule has 21 heavy (non-hydrogen) atoms. The molecule has 2 rings (SSSR count). The van der Waals surface area contributed by atoms with E-state index in [0.29, 0.717) is 5.41 Å². The van der Waals surface area contributed by atoms with Gasteiger partial charge in [0.2, 0.25) is 0 Å². The third-order valence-corrected chi connectivity index (χ3v) is 4.07. The molecule has 1 heterocycles. The van der Waals surface area contributed by atoms with Gasteiger partial charge in [0.25, 0.3) is 0 Å². The van der Waals surface area contributed by atoms with Crippen LogP contribution in [0.4, 0.5) is 5.69 Å². The summed E-state index contributed by atoms with van der Waals surface area (Å²) >= 11 is 0. The second-order valence-electron chi connectivity index (χ2n) is 6.80. The summed E-state index contributed by atoms with van der Waals surface area (Å²) in [5, 5.41) is 3.49. The first kappa shape index (κ1) is 15.7. The first-order valence-electron chi connectivity index (χ1n) is 7.63. The molecule has 0 spiro atoms. The number of likely N-dealkylation sites (tertiary alicyclic amines) is 1. The van der Waals surface area contributed by atoms with Crippen LogP contribution in [0.3, 0.4) is 0 Å². The topological polar surface area (TPSA) is 30.9 Å². The van der Waals surface area contributed by atoms with E-state index in [0.717, 1.165) is 25.6 Å². The number of aliphatic imine (C=N–C) groups is 1. The minimum atomic E-state index is 0.391. The number of hydrogen-bond donors (Lipinski definition) is 1. The average molecular weight is 288 g/mol. The molecule has 116 valence electrons. The monoisotopic (exact) mass is 288 g/mol. The quantitative estimate of drug-likeness (QED) is 0.685. The van der Waals surface area contributed by atoms with Crippen LogP contribution in [0.5, 0.6) is 0 Å². The molecule has 0 aliphatic carbocycles. The highest BCUT2D eigenvalue weighted by molar-refractivity contribution is 5.80. The lowest BCUT2D eigenvalue weighted by Crippen LogP contribution is -2.40. The van der Waals surface area contributed by atoms with Gasteiger partial charge in [-0.05, 0) is 29.5 Å².